The standard InChI is InChI=1S/C16H26N4O/c1-3-17-14-11(2)15(20-16(19-14)13-6-7-13)18-8-9-21-10-12-4-5-12/h12-13H,3-10H2,1-2H3,(H2,17,18,19,20). The fourth-order valence-electron chi connectivity index (χ4n) is 2.35. The molecule has 2 aliphatic carbocycles. The molecule has 0 saturated heterocycles. The molecule has 2 saturated carbocycles. The summed E-state index contributed by atoms with van der Waals surface area (Å²) in [6, 6.07) is 0. The summed E-state index contributed by atoms with van der Waals surface area (Å²) in [5, 5.41) is 6.75. The van der Waals surface area contributed by atoms with Crippen molar-refractivity contribution in [1.29, 1.82) is 0 Å². The number of ether oxygens (including phenoxy) is 1. The predicted molar refractivity (Wildman–Crippen MR) is 84.9 cm³/mol. The Balaban J connectivity index is 1.58. The van der Waals surface area contributed by atoms with E-state index in [4.69, 9.17) is 9.72 Å². The van der Waals surface area contributed by atoms with Gasteiger partial charge in [-0.3, -0.25) is 0 Å². The lowest BCUT2D eigenvalue weighted by Gasteiger charge is -2.14. The Labute approximate surface area is 126 Å². The number of hydrogen-bond donors (Lipinski definition) is 2. The smallest absolute Gasteiger partial charge is 0.136 e. The topological polar surface area (TPSA) is 59.1 Å². The lowest BCUT2D eigenvalue weighted by molar-refractivity contribution is 0.134. The molecule has 0 spiro atoms. The fourth-order valence-corrected chi connectivity index (χ4v) is 2.35. The number of rotatable bonds is 9. The van der Waals surface area contributed by atoms with Crippen LogP contribution in [0.3, 0.4) is 0 Å². The SMILES string of the molecule is CCNc1nc(C2CC2)nc(NCCOCC2CC2)c1C. The third kappa shape index (κ3) is 4.06. The molecule has 2 N–H and O–H groups in total. The molecule has 0 atom stereocenters. The van der Waals surface area contributed by atoms with Crippen LogP contribution >= 0.6 is 0 Å². The van der Waals surface area contributed by atoms with Gasteiger partial charge in [-0.2, -0.15) is 0 Å². The average Bonchev–Trinajstić information content (AvgIpc) is 3.36. The lowest BCUT2D eigenvalue weighted by Crippen LogP contribution is -2.15. The molecule has 0 aromatic carbocycles. The second kappa shape index (κ2) is 6.60. The van der Waals surface area contributed by atoms with Gasteiger partial charge in [-0.15, -0.1) is 0 Å². The van der Waals surface area contributed by atoms with Crippen LogP contribution in [0.25, 0.3) is 0 Å². The van der Waals surface area contributed by atoms with Crippen LogP contribution in [0.1, 0.15) is 49.9 Å². The summed E-state index contributed by atoms with van der Waals surface area (Å²) < 4.78 is 5.67. The third-order valence-corrected chi connectivity index (χ3v) is 4.04. The zero-order chi connectivity index (χ0) is 14.7. The van der Waals surface area contributed by atoms with Gasteiger partial charge < -0.3 is 15.4 Å². The van der Waals surface area contributed by atoms with E-state index in [-0.39, 0.29) is 0 Å². The van der Waals surface area contributed by atoms with Gasteiger partial charge in [-0.1, -0.05) is 0 Å². The van der Waals surface area contributed by atoms with Crippen LogP contribution < -0.4 is 10.6 Å². The first-order chi connectivity index (χ1) is 10.3. The Morgan fingerprint density at radius 1 is 1.10 bits per heavy atom. The van der Waals surface area contributed by atoms with Crippen molar-refractivity contribution in [3.8, 4) is 0 Å². The van der Waals surface area contributed by atoms with E-state index in [2.05, 4.69) is 29.5 Å². The van der Waals surface area contributed by atoms with Crippen molar-refractivity contribution in [2.24, 2.45) is 5.92 Å². The average molecular weight is 290 g/mol. The minimum Gasteiger partial charge on any atom is -0.379 e. The molecule has 0 unspecified atom stereocenters. The Kier molecular flexibility index (Phi) is 4.58. The molecule has 0 aliphatic heterocycles. The number of aromatic nitrogens is 2. The van der Waals surface area contributed by atoms with Gasteiger partial charge in [0, 0.05) is 31.2 Å². The Morgan fingerprint density at radius 3 is 2.43 bits per heavy atom. The molecule has 1 aromatic heterocycles. The van der Waals surface area contributed by atoms with Gasteiger partial charge in [0.15, 0.2) is 0 Å². The Bertz CT molecular complexity index is 483. The summed E-state index contributed by atoms with van der Waals surface area (Å²) in [5.74, 6) is 4.30. The van der Waals surface area contributed by atoms with Crippen LogP contribution in [-0.2, 0) is 4.74 Å². The van der Waals surface area contributed by atoms with Crippen LogP contribution in [0.2, 0.25) is 0 Å². The van der Waals surface area contributed by atoms with Crippen molar-refractivity contribution in [2.75, 3.05) is 36.9 Å². The maximum absolute atomic E-state index is 5.67. The summed E-state index contributed by atoms with van der Waals surface area (Å²) in [6.07, 6.45) is 5.13. The van der Waals surface area contributed by atoms with Crippen molar-refractivity contribution < 1.29 is 4.74 Å². The van der Waals surface area contributed by atoms with Gasteiger partial charge >= 0.3 is 0 Å². The number of nitrogens with one attached hydrogen (secondary N) is 2. The molecule has 116 valence electrons. The highest BCUT2D eigenvalue weighted by Crippen LogP contribution is 2.39. The maximum atomic E-state index is 5.67. The molecular formula is C16H26N4O. The molecule has 0 bridgehead atoms. The Morgan fingerprint density at radius 2 is 1.81 bits per heavy atom. The molecule has 2 aliphatic rings. The quantitative estimate of drug-likeness (QED) is 0.685. The van der Waals surface area contributed by atoms with Crippen LogP contribution in [0, 0.1) is 12.8 Å². The predicted octanol–water partition coefficient (Wildman–Crippen LogP) is 2.93. The molecule has 21 heavy (non-hydrogen) atoms. The molecule has 2 fully saturated rings. The van der Waals surface area contributed by atoms with E-state index in [0.29, 0.717) is 5.92 Å². The molecule has 0 amide bonds. The van der Waals surface area contributed by atoms with Gasteiger partial charge in [0.25, 0.3) is 0 Å². The van der Waals surface area contributed by atoms with Crippen LogP contribution in [0.4, 0.5) is 11.6 Å². The van der Waals surface area contributed by atoms with Crippen LogP contribution in [0.15, 0.2) is 0 Å². The molecule has 1 heterocycles. The van der Waals surface area contributed by atoms with E-state index in [9.17, 15) is 0 Å². The summed E-state index contributed by atoms with van der Waals surface area (Å²) in [5.41, 5.74) is 1.10. The van der Waals surface area contributed by atoms with Gasteiger partial charge in [0.1, 0.15) is 17.5 Å². The monoisotopic (exact) mass is 290 g/mol. The largest absolute Gasteiger partial charge is 0.379 e. The highest BCUT2D eigenvalue weighted by molar-refractivity contribution is 5.57. The molecular weight excluding hydrogens is 264 g/mol. The van der Waals surface area contributed by atoms with E-state index in [1.165, 1.54) is 25.7 Å². The van der Waals surface area contributed by atoms with Crippen molar-refractivity contribution in [3.63, 3.8) is 0 Å². The van der Waals surface area contributed by atoms with Crippen LogP contribution in [-0.4, -0.2) is 36.3 Å². The minimum absolute atomic E-state index is 0.565. The van der Waals surface area contributed by atoms with E-state index < -0.39 is 0 Å². The first-order valence-corrected chi connectivity index (χ1v) is 8.22. The Hall–Kier alpha value is -1.36. The number of anilines is 2. The first kappa shape index (κ1) is 14.6. The lowest BCUT2D eigenvalue weighted by atomic mass is 10.2. The first-order valence-electron chi connectivity index (χ1n) is 8.22. The van der Waals surface area contributed by atoms with Gasteiger partial charge in [-0.05, 0) is 45.4 Å². The van der Waals surface area contributed by atoms with E-state index >= 15 is 0 Å². The summed E-state index contributed by atoms with van der Waals surface area (Å²) in [7, 11) is 0. The van der Waals surface area contributed by atoms with Gasteiger partial charge in [0.2, 0.25) is 0 Å². The molecule has 1 aromatic rings. The fraction of sp³-hybridized carbons (Fsp3) is 0.750. The van der Waals surface area contributed by atoms with Crippen molar-refractivity contribution in [2.45, 2.75) is 45.4 Å². The number of nitrogens with zero attached hydrogens (tertiary/aromatic N) is 2. The minimum atomic E-state index is 0.565. The summed E-state index contributed by atoms with van der Waals surface area (Å²) in [6.45, 7) is 7.51. The molecule has 0 radical (unpaired) electrons. The van der Waals surface area contributed by atoms with Crippen molar-refractivity contribution in [1.82, 2.24) is 9.97 Å². The van der Waals surface area contributed by atoms with Gasteiger partial charge in [-0.25, -0.2) is 9.97 Å². The maximum Gasteiger partial charge on any atom is 0.136 e. The highest BCUT2D eigenvalue weighted by atomic mass is 16.5. The summed E-state index contributed by atoms with van der Waals surface area (Å²) in [4.78, 5) is 9.37. The van der Waals surface area contributed by atoms with E-state index in [0.717, 1.165) is 55.2 Å². The van der Waals surface area contributed by atoms with Gasteiger partial charge in [0.05, 0.1) is 6.61 Å². The number of hydrogen-bond acceptors (Lipinski definition) is 5. The highest BCUT2D eigenvalue weighted by Gasteiger charge is 2.28. The molecule has 5 heteroatoms. The van der Waals surface area contributed by atoms with Crippen molar-refractivity contribution in [3.05, 3.63) is 11.4 Å². The summed E-state index contributed by atoms with van der Waals surface area (Å²) >= 11 is 0. The zero-order valence-electron chi connectivity index (χ0n) is 13.1. The van der Waals surface area contributed by atoms with Crippen molar-refractivity contribution >= 4 is 11.6 Å². The second-order valence-corrected chi connectivity index (χ2v) is 6.15. The normalized spacial score (nSPS) is 17.8. The van der Waals surface area contributed by atoms with E-state index in [1.807, 2.05) is 0 Å². The molecule has 5 nitrogen and oxygen atoms in total. The molecule has 3 rings (SSSR count). The second-order valence-electron chi connectivity index (χ2n) is 6.15. The van der Waals surface area contributed by atoms with Crippen LogP contribution in [0.5, 0.6) is 0 Å². The van der Waals surface area contributed by atoms with E-state index in [1.54, 1.807) is 0 Å². The third-order valence-electron chi connectivity index (χ3n) is 4.04. The zero-order valence-corrected chi connectivity index (χ0v) is 13.1.